The van der Waals surface area contributed by atoms with E-state index in [-0.39, 0.29) is 41.9 Å². The summed E-state index contributed by atoms with van der Waals surface area (Å²) < 4.78 is 1.71. The highest BCUT2D eigenvalue weighted by Gasteiger charge is 2.57. The smallest absolute Gasteiger partial charge is 0.250 e. The van der Waals surface area contributed by atoms with Gasteiger partial charge in [0.1, 0.15) is 6.04 Å². The van der Waals surface area contributed by atoms with Crippen LogP contribution >= 0.6 is 0 Å². The van der Waals surface area contributed by atoms with Crippen molar-refractivity contribution in [2.45, 2.75) is 70.0 Å². The average Bonchev–Trinajstić information content (AvgIpc) is 3.41. The highest BCUT2D eigenvalue weighted by atomic mass is 16.3. The van der Waals surface area contributed by atoms with Gasteiger partial charge in [-0.25, -0.2) is 0 Å². The van der Waals surface area contributed by atoms with Crippen LogP contribution < -0.4 is 10.9 Å². The molecule has 3 heterocycles. The topological polar surface area (TPSA) is 91.6 Å². The van der Waals surface area contributed by atoms with E-state index in [1.165, 1.54) is 25.3 Å². The summed E-state index contributed by atoms with van der Waals surface area (Å²) in [6.07, 6.45) is 8.55. The molecule has 0 bridgehead atoms. The van der Waals surface area contributed by atoms with Gasteiger partial charge in [0.05, 0.1) is 6.04 Å². The van der Waals surface area contributed by atoms with Crippen molar-refractivity contribution in [3.05, 3.63) is 34.2 Å². The molecule has 0 radical (unpaired) electrons. The van der Waals surface area contributed by atoms with Gasteiger partial charge < -0.3 is 19.9 Å². The molecule has 5 rings (SSSR count). The second-order valence-corrected chi connectivity index (χ2v) is 10.00. The molecule has 2 saturated carbocycles. The number of pyridine rings is 1. The molecule has 4 aliphatic rings. The maximum absolute atomic E-state index is 13.4. The summed E-state index contributed by atoms with van der Waals surface area (Å²) >= 11 is 0. The van der Waals surface area contributed by atoms with E-state index in [1.807, 2.05) is 6.07 Å². The number of nitrogens with zero attached hydrogens (tertiary/aromatic N) is 2. The Labute approximate surface area is 182 Å². The predicted molar refractivity (Wildman–Crippen MR) is 115 cm³/mol. The molecule has 7 nitrogen and oxygen atoms in total. The van der Waals surface area contributed by atoms with E-state index in [9.17, 15) is 19.5 Å². The van der Waals surface area contributed by atoms with Crippen LogP contribution in [0.4, 0.5) is 0 Å². The van der Waals surface area contributed by atoms with Crippen molar-refractivity contribution in [3.8, 4) is 0 Å². The van der Waals surface area contributed by atoms with Gasteiger partial charge in [0.2, 0.25) is 11.8 Å². The molecule has 7 heteroatoms. The molecule has 1 saturated heterocycles. The van der Waals surface area contributed by atoms with Crippen molar-refractivity contribution < 1.29 is 14.7 Å². The molecule has 2 amide bonds. The van der Waals surface area contributed by atoms with Gasteiger partial charge in [-0.05, 0) is 43.6 Å². The number of fused-ring (bicyclic) bond motifs is 3. The number of hydrogen-bond donors (Lipinski definition) is 2. The fraction of sp³-hybridized carbons (Fsp3) is 0.708. The van der Waals surface area contributed by atoms with Crippen molar-refractivity contribution in [2.24, 2.45) is 23.7 Å². The van der Waals surface area contributed by atoms with Gasteiger partial charge in [0.15, 0.2) is 0 Å². The first-order valence-corrected chi connectivity index (χ1v) is 12.0. The Morgan fingerprint density at radius 2 is 1.84 bits per heavy atom. The zero-order valence-corrected chi connectivity index (χ0v) is 18.0. The Balaban J connectivity index is 1.43. The van der Waals surface area contributed by atoms with E-state index in [1.54, 1.807) is 15.5 Å². The van der Waals surface area contributed by atoms with Gasteiger partial charge in [-0.2, -0.15) is 0 Å². The average molecular weight is 428 g/mol. The number of likely N-dealkylation sites (tertiary alicyclic amines) is 1. The molecule has 1 aromatic rings. The van der Waals surface area contributed by atoms with Crippen molar-refractivity contribution in [2.75, 3.05) is 13.2 Å². The molecule has 2 N–H and O–H groups in total. The molecule has 31 heavy (non-hydrogen) atoms. The summed E-state index contributed by atoms with van der Waals surface area (Å²) in [6.45, 7) is 0.923. The Kier molecular flexibility index (Phi) is 5.63. The van der Waals surface area contributed by atoms with Crippen LogP contribution in [-0.4, -0.2) is 45.6 Å². The Bertz CT molecular complexity index is 902. The number of aromatic nitrogens is 1. The third kappa shape index (κ3) is 3.81. The van der Waals surface area contributed by atoms with Crippen LogP contribution in [0.3, 0.4) is 0 Å². The number of amides is 2. The van der Waals surface area contributed by atoms with E-state index in [4.69, 9.17) is 0 Å². The molecule has 2 aliphatic carbocycles. The van der Waals surface area contributed by atoms with E-state index in [0.717, 1.165) is 31.4 Å². The summed E-state index contributed by atoms with van der Waals surface area (Å²) in [5, 5.41) is 13.4. The summed E-state index contributed by atoms with van der Waals surface area (Å²) in [5.74, 6) is 0.266. The lowest BCUT2D eigenvalue weighted by Crippen LogP contribution is -2.51. The lowest BCUT2D eigenvalue weighted by Gasteiger charge is -2.32. The second kappa shape index (κ2) is 8.41. The van der Waals surface area contributed by atoms with Crippen molar-refractivity contribution in [1.29, 1.82) is 0 Å². The van der Waals surface area contributed by atoms with Crippen molar-refractivity contribution in [3.63, 3.8) is 0 Å². The number of aliphatic hydroxyl groups is 1. The van der Waals surface area contributed by atoms with Gasteiger partial charge in [-0.15, -0.1) is 0 Å². The minimum atomic E-state index is -0.668. The SMILES string of the molecule is O=C(NCC1CCCCC1)[C@H]1[C@H](CO)[C@H]2Cn3c(cccc3=O)[C@H]2N1C(=O)CC1CC1. The van der Waals surface area contributed by atoms with Gasteiger partial charge in [0, 0.05) is 49.7 Å². The van der Waals surface area contributed by atoms with E-state index < -0.39 is 6.04 Å². The van der Waals surface area contributed by atoms with Crippen molar-refractivity contribution in [1.82, 2.24) is 14.8 Å². The molecule has 4 atom stereocenters. The number of carbonyl (C=O) groups is 2. The third-order valence-electron chi connectivity index (χ3n) is 7.96. The van der Waals surface area contributed by atoms with E-state index >= 15 is 0 Å². The molecular weight excluding hydrogens is 394 g/mol. The second-order valence-electron chi connectivity index (χ2n) is 10.00. The fourth-order valence-corrected chi connectivity index (χ4v) is 6.13. The first kappa shape index (κ1) is 20.7. The van der Waals surface area contributed by atoms with E-state index in [0.29, 0.717) is 31.3 Å². The highest BCUT2D eigenvalue weighted by molar-refractivity contribution is 5.89. The standard InChI is InChI=1S/C24H33N3O4/c28-14-18-17-13-26-19(7-4-8-20(26)29)22(17)27(21(30)11-15-9-10-15)23(18)24(31)25-12-16-5-2-1-3-6-16/h4,7-8,15-18,22-23,28H,1-3,5-6,9-14H2,(H,25,31)/t17-,18-,22+,23-/m1/s1. The normalized spacial score (nSPS) is 30.2. The predicted octanol–water partition coefficient (Wildman–Crippen LogP) is 1.84. The summed E-state index contributed by atoms with van der Waals surface area (Å²) in [7, 11) is 0. The van der Waals surface area contributed by atoms with Crippen LogP contribution in [0.25, 0.3) is 0 Å². The summed E-state index contributed by atoms with van der Waals surface area (Å²) in [6, 6.07) is 4.16. The molecule has 0 spiro atoms. The third-order valence-corrected chi connectivity index (χ3v) is 7.96. The molecule has 2 aliphatic heterocycles. The summed E-state index contributed by atoms with van der Waals surface area (Å²) in [5.41, 5.74) is 0.708. The zero-order chi connectivity index (χ0) is 21.5. The largest absolute Gasteiger partial charge is 0.396 e. The van der Waals surface area contributed by atoms with Crippen LogP contribution in [0.2, 0.25) is 0 Å². The minimum absolute atomic E-state index is 0.0176. The highest BCUT2D eigenvalue weighted by Crippen LogP contribution is 2.50. The first-order valence-electron chi connectivity index (χ1n) is 12.0. The maximum Gasteiger partial charge on any atom is 0.250 e. The monoisotopic (exact) mass is 427 g/mol. The molecular formula is C24H33N3O4. The number of hydrogen-bond acceptors (Lipinski definition) is 4. The van der Waals surface area contributed by atoms with Gasteiger partial charge in [-0.3, -0.25) is 14.4 Å². The Hall–Kier alpha value is -2.15. The number of aliphatic hydroxyl groups excluding tert-OH is 1. The lowest BCUT2D eigenvalue weighted by atomic mass is 9.87. The van der Waals surface area contributed by atoms with Crippen LogP contribution in [0.1, 0.15) is 63.1 Å². The minimum Gasteiger partial charge on any atom is -0.396 e. The van der Waals surface area contributed by atoms with Crippen LogP contribution in [0.15, 0.2) is 23.0 Å². The van der Waals surface area contributed by atoms with Crippen molar-refractivity contribution >= 4 is 11.8 Å². The lowest BCUT2D eigenvalue weighted by molar-refractivity contribution is -0.142. The molecule has 0 aromatic carbocycles. The fourth-order valence-electron chi connectivity index (χ4n) is 6.13. The molecule has 1 aromatic heterocycles. The van der Waals surface area contributed by atoms with Gasteiger partial charge in [0.25, 0.3) is 5.56 Å². The quantitative estimate of drug-likeness (QED) is 0.725. The van der Waals surface area contributed by atoms with E-state index in [2.05, 4.69) is 5.32 Å². The molecule has 3 fully saturated rings. The number of rotatable bonds is 6. The summed E-state index contributed by atoms with van der Waals surface area (Å²) in [4.78, 5) is 40.9. The number of nitrogens with one attached hydrogen (secondary N) is 1. The van der Waals surface area contributed by atoms with Crippen LogP contribution in [0, 0.1) is 23.7 Å². The maximum atomic E-state index is 13.4. The Morgan fingerprint density at radius 1 is 1.06 bits per heavy atom. The number of carbonyl (C=O) groups excluding carboxylic acids is 2. The van der Waals surface area contributed by atoms with Crippen LogP contribution in [-0.2, 0) is 16.1 Å². The molecule has 0 unspecified atom stereocenters. The zero-order valence-electron chi connectivity index (χ0n) is 18.0. The van der Waals surface area contributed by atoms with Gasteiger partial charge in [-0.1, -0.05) is 25.3 Å². The first-order chi connectivity index (χ1) is 15.1. The van der Waals surface area contributed by atoms with Crippen LogP contribution in [0.5, 0.6) is 0 Å². The Morgan fingerprint density at radius 3 is 2.55 bits per heavy atom. The van der Waals surface area contributed by atoms with Gasteiger partial charge >= 0.3 is 0 Å². The molecule has 168 valence electrons.